The van der Waals surface area contributed by atoms with E-state index in [9.17, 15) is 9.59 Å². The number of carbonyl (C=O) groups excluding carboxylic acids is 2. The first-order chi connectivity index (χ1) is 12.6. The van der Waals surface area contributed by atoms with Crippen LogP contribution in [0, 0.1) is 0 Å². The number of nitrogens with zero attached hydrogens (tertiary/aromatic N) is 1. The molecule has 2 saturated heterocycles. The third kappa shape index (κ3) is 5.33. The van der Waals surface area contributed by atoms with Crippen LogP contribution in [-0.4, -0.2) is 63.9 Å². The lowest BCUT2D eigenvalue weighted by Gasteiger charge is -2.23. The molecular weight excluding hydrogens is 356 g/mol. The average Bonchev–Trinajstić information content (AvgIpc) is 3.00. The van der Waals surface area contributed by atoms with Crippen molar-refractivity contribution in [2.45, 2.75) is 18.9 Å². The lowest BCUT2D eigenvalue weighted by molar-refractivity contribution is -0.908. The Hall–Kier alpha value is -1.83. The first-order valence-corrected chi connectivity index (χ1v) is 9.51. The molecule has 3 amide bonds. The lowest BCUT2D eigenvalue weighted by Crippen LogP contribution is -3.14. The Labute approximate surface area is 158 Å². The minimum atomic E-state index is -0.210. The standard InChI is InChI=1S/C18H25ClN4O3/c19-14-2-4-16(5-3-14)23-13-15(12-17(23)24)21-18(25)20-6-1-7-22-8-10-26-11-9-22/h2-5,15H,1,6-13H2,(H2,20,21,25)/p+1/t15-/m0/s1. The SMILES string of the molecule is O=C(NCCC[NH+]1CCOCC1)N[C@H]1CC(=O)N(c2ccc(Cl)cc2)C1. The van der Waals surface area contributed by atoms with Gasteiger partial charge in [0.05, 0.1) is 25.8 Å². The normalized spacial score (nSPS) is 21.0. The van der Waals surface area contributed by atoms with Crippen molar-refractivity contribution in [3.63, 3.8) is 0 Å². The number of anilines is 1. The quantitative estimate of drug-likeness (QED) is 0.609. The van der Waals surface area contributed by atoms with Crippen LogP contribution < -0.4 is 20.4 Å². The Bertz CT molecular complexity index is 619. The maximum atomic E-state index is 12.2. The first-order valence-electron chi connectivity index (χ1n) is 9.13. The molecule has 1 aromatic carbocycles. The highest BCUT2D eigenvalue weighted by Gasteiger charge is 2.31. The summed E-state index contributed by atoms with van der Waals surface area (Å²) >= 11 is 5.89. The molecule has 2 heterocycles. The summed E-state index contributed by atoms with van der Waals surface area (Å²) in [5.41, 5.74) is 0.803. The number of urea groups is 1. The van der Waals surface area contributed by atoms with Crippen LogP contribution >= 0.6 is 11.6 Å². The van der Waals surface area contributed by atoms with Crippen molar-refractivity contribution in [3.8, 4) is 0 Å². The van der Waals surface area contributed by atoms with Crippen LogP contribution in [-0.2, 0) is 9.53 Å². The number of nitrogens with one attached hydrogen (secondary N) is 3. The van der Waals surface area contributed by atoms with Crippen molar-refractivity contribution in [2.75, 3.05) is 50.8 Å². The minimum absolute atomic E-state index is 0.00791. The van der Waals surface area contributed by atoms with Gasteiger partial charge in [0.1, 0.15) is 13.1 Å². The smallest absolute Gasteiger partial charge is 0.315 e. The van der Waals surface area contributed by atoms with Crippen LogP contribution in [0.1, 0.15) is 12.8 Å². The molecule has 7 nitrogen and oxygen atoms in total. The van der Waals surface area contributed by atoms with Gasteiger partial charge in [0.2, 0.25) is 5.91 Å². The third-order valence-corrected chi connectivity index (χ3v) is 5.04. The summed E-state index contributed by atoms with van der Waals surface area (Å²) in [5, 5.41) is 6.41. The predicted molar refractivity (Wildman–Crippen MR) is 99.7 cm³/mol. The molecule has 0 aromatic heterocycles. The molecule has 0 spiro atoms. The van der Waals surface area contributed by atoms with Gasteiger partial charge in [0.15, 0.2) is 0 Å². The molecular formula is C18H26ClN4O3+. The van der Waals surface area contributed by atoms with E-state index in [2.05, 4.69) is 10.6 Å². The van der Waals surface area contributed by atoms with Crippen LogP contribution in [0.25, 0.3) is 0 Å². The lowest BCUT2D eigenvalue weighted by atomic mass is 10.2. The summed E-state index contributed by atoms with van der Waals surface area (Å²) in [6.45, 7) is 5.87. The Morgan fingerprint density at radius 3 is 2.73 bits per heavy atom. The highest BCUT2D eigenvalue weighted by atomic mass is 35.5. The molecule has 142 valence electrons. The fraction of sp³-hybridized carbons (Fsp3) is 0.556. The number of hydrogen-bond donors (Lipinski definition) is 3. The van der Waals surface area contributed by atoms with Gasteiger partial charge in [0.25, 0.3) is 0 Å². The summed E-state index contributed by atoms with van der Waals surface area (Å²) in [6, 6.07) is 6.76. The second-order valence-corrected chi connectivity index (χ2v) is 7.18. The summed E-state index contributed by atoms with van der Waals surface area (Å²) in [5.74, 6) is 0.00791. The minimum Gasteiger partial charge on any atom is -0.370 e. The van der Waals surface area contributed by atoms with Crippen molar-refractivity contribution in [3.05, 3.63) is 29.3 Å². The van der Waals surface area contributed by atoms with Gasteiger partial charge in [-0.2, -0.15) is 0 Å². The molecule has 3 rings (SSSR count). The second-order valence-electron chi connectivity index (χ2n) is 6.75. The molecule has 0 saturated carbocycles. The van der Waals surface area contributed by atoms with E-state index in [0.717, 1.165) is 45.0 Å². The van der Waals surface area contributed by atoms with Crippen LogP contribution in [0.4, 0.5) is 10.5 Å². The molecule has 0 bridgehead atoms. The average molecular weight is 382 g/mol. The molecule has 0 aliphatic carbocycles. The zero-order chi connectivity index (χ0) is 18.4. The first kappa shape index (κ1) is 18.9. The van der Waals surface area contributed by atoms with E-state index in [0.29, 0.717) is 24.5 Å². The number of ether oxygens (including phenoxy) is 1. The molecule has 0 radical (unpaired) electrons. The van der Waals surface area contributed by atoms with E-state index in [4.69, 9.17) is 16.3 Å². The van der Waals surface area contributed by atoms with E-state index in [1.807, 2.05) is 12.1 Å². The van der Waals surface area contributed by atoms with Crippen LogP contribution in [0.3, 0.4) is 0 Å². The van der Waals surface area contributed by atoms with Gasteiger partial charge >= 0.3 is 6.03 Å². The van der Waals surface area contributed by atoms with Gasteiger partial charge in [0, 0.05) is 36.6 Å². The van der Waals surface area contributed by atoms with E-state index < -0.39 is 0 Å². The molecule has 2 fully saturated rings. The molecule has 2 aliphatic rings. The molecule has 1 aromatic rings. The summed E-state index contributed by atoms with van der Waals surface area (Å²) in [6.07, 6.45) is 1.25. The van der Waals surface area contributed by atoms with Crippen molar-refractivity contribution in [1.82, 2.24) is 10.6 Å². The van der Waals surface area contributed by atoms with Crippen molar-refractivity contribution < 1.29 is 19.2 Å². The maximum Gasteiger partial charge on any atom is 0.315 e. The second kappa shape index (κ2) is 9.21. The zero-order valence-electron chi connectivity index (χ0n) is 14.8. The summed E-state index contributed by atoms with van der Waals surface area (Å²) < 4.78 is 5.34. The zero-order valence-corrected chi connectivity index (χ0v) is 15.6. The maximum absolute atomic E-state index is 12.2. The van der Waals surface area contributed by atoms with Crippen molar-refractivity contribution in [2.24, 2.45) is 0 Å². The number of carbonyl (C=O) groups is 2. The number of rotatable bonds is 6. The number of amides is 3. The number of halogens is 1. The van der Waals surface area contributed by atoms with E-state index in [-0.39, 0.29) is 18.0 Å². The van der Waals surface area contributed by atoms with Gasteiger partial charge < -0.3 is 25.2 Å². The van der Waals surface area contributed by atoms with Crippen molar-refractivity contribution >= 4 is 29.2 Å². The van der Waals surface area contributed by atoms with E-state index in [1.165, 1.54) is 4.90 Å². The molecule has 1 atom stereocenters. The Balaban J connectivity index is 1.36. The van der Waals surface area contributed by atoms with Gasteiger partial charge in [-0.05, 0) is 24.3 Å². The molecule has 8 heteroatoms. The Morgan fingerprint density at radius 2 is 2.00 bits per heavy atom. The van der Waals surface area contributed by atoms with Crippen molar-refractivity contribution in [1.29, 1.82) is 0 Å². The van der Waals surface area contributed by atoms with Crippen LogP contribution in [0.5, 0.6) is 0 Å². The summed E-state index contributed by atoms with van der Waals surface area (Å²) in [4.78, 5) is 27.5. The van der Waals surface area contributed by atoms with Gasteiger partial charge in [-0.15, -0.1) is 0 Å². The van der Waals surface area contributed by atoms with Crippen LogP contribution in [0.15, 0.2) is 24.3 Å². The number of hydrogen-bond acceptors (Lipinski definition) is 3. The molecule has 26 heavy (non-hydrogen) atoms. The van der Waals surface area contributed by atoms with Crippen LogP contribution in [0.2, 0.25) is 5.02 Å². The highest BCUT2D eigenvalue weighted by Crippen LogP contribution is 2.23. The van der Waals surface area contributed by atoms with E-state index in [1.54, 1.807) is 17.0 Å². The molecule has 2 aliphatic heterocycles. The monoisotopic (exact) mass is 381 g/mol. The topological polar surface area (TPSA) is 75.1 Å². The number of morpholine rings is 1. The Kier molecular flexibility index (Phi) is 6.71. The fourth-order valence-corrected chi connectivity index (χ4v) is 3.49. The predicted octanol–water partition coefficient (Wildman–Crippen LogP) is 0.0497. The number of benzene rings is 1. The van der Waals surface area contributed by atoms with Gasteiger partial charge in [-0.3, -0.25) is 4.79 Å². The third-order valence-electron chi connectivity index (χ3n) is 4.79. The van der Waals surface area contributed by atoms with Gasteiger partial charge in [-0.25, -0.2) is 4.79 Å². The Morgan fingerprint density at radius 1 is 1.27 bits per heavy atom. The fourth-order valence-electron chi connectivity index (χ4n) is 3.36. The van der Waals surface area contributed by atoms with E-state index >= 15 is 0 Å². The molecule has 3 N–H and O–H groups in total. The molecule has 0 unspecified atom stereocenters. The summed E-state index contributed by atoms with van der Waals surface area (Å²) in [7, 11) is 0. The largest absolute Gasteiger partial charge is 0.370 e. The highest BCUT2D eigenvalue weighted by molar-refractivity contribution is 6.30. The number of quaternary nitrogens is 1. The van der Waals surface area contributed by atoms with Gasteiger partial charge in [-0.1, -0.05) is 11.6 Å².